The Hall–Kier alpha value is -4.91. The highest BCUT2D eigenvalue weighted by Gasteiger charge is 2.25. The average Bonchev–Trinajstić information content (AvgIpc) is 3.08. The summed E-state index contributed by atoms with van der Waals surface area (Å²) >= 11 is 0. The molecule has 0 fully saturated rings. The molecule has 0 aliphatic rings. The van der Waals surface area contributed by atoms with Crippen molar-refractivity contribution >= 4 is 45.4 Å². The molecule has 0 unspecified atom stereocenters. The van der Waals surface area contributed by atoms with Gasteiger partial charge in [0.25, 0.3) is 0 Å². The lowest BCUT2D eigenvalue weighted by Crippen LogP contribution is -2.22. The molecule has 0 atom stereocenters. The Balaban J connectivity index is 1.64. The van der Waals surface area contributed by atoms with Crippen molar-refractivity contribution in [3.05, 3.63) is 152 Å². The second-order valence-electron chi connectivity index (χ2n) is 10.5. The van der Waals surface area contributed by atoms with Crippen molar-refractivity contribution in [2.75, 3.05) is 14.2 Å². The van der Waals surface area contributed by atoms with E-state index in [1.165, 1.54) is 48.6 Å². The van der Waals surface area contributed by atoms with Gasteiger partial charge < -0.3 is 9.47 Å². The zero-order chi connectivity index (χ0) is 29.2. The minimum absolute atomic E-state index is 0.766. The third-order valence-corrected chi connectivity index (χ3v) is 10.5. The maximum absolute atomic E-state index is 5.72. The van der Waals surface area contributed by atoms with E-state index in [1.54, 1.807) is 14.2 Å². The van der Waals surface area contributed by atoms with Gasteiger partial charge in [-0.2, -0.15) is 0 Å². The topological polar surface area (TPSA) is 18.5 Å². The molecule has 0 saturated heterocycles. The van der Waals surface area contributed by atoms with E-state index in [0.29, 0.717) is 0 Å². The van der Waals surface area contributed by atoms with Crippen LogP contribution in [0.15, 0.2) is 152 Å². The summed E-state index contributed by atoms with van der Waals surface area (Å²) in [6.45, 7) is 0. The Labute approximate surface area is 253 Å². The summed E-state index contributed by atoms with van der Waals surface area (Å²) in [7, 11) is 2.54. The Morgan fingerprint density at radius 3 is 1.49 bits per heavy atom. The predicted octanol–water partition coefficient (Wildman–Crippen LogP) is 9.10. The van der Waals surface area contributed by atoms with E-state index in [9.17, 15) is 0 Å². The Morgan fingerprint density at radius 2 is 0.930 bits per heavy atom. The van der Waals surface area contributed by atoms with Crippen LogP contribution in [0.3, 0.4) is 0 Å². The lowest BCUT2D eigenvalue weighted by Gasteiger charge is -2.26. The van der Waals surface area contributed by atoms with Crippen LogP contribution in [0.4, 0.5) is 0 Å². The lowest BCUT2D eigenvalue weighted by molar-refractivity contribution is 0.394. The van der Waals surface area contributed by atoms with Gasteiger partial charge in [0, 0.05) is 6.07 Å². The third kappa shape index (κ3) is 5.05. The molecule has 3 heteroatoms. The van der Waals surface area contributed by atoms with Crippen molar-refractivity contribution in [2.24, 2.45) is 0 Å². The summed E-state index contributed by atoms with van der Waals surface area (Å²) in [5, 5.41) is 8.87. The van der Waals surface area contributed by atoms with Crippen LogP contribution >= 0.6 is 7.92 Å². The van der Waals surface area contributed by atoms with Crippen LogP contribution in [0.2, 0.25) is 0 Å². The normalized spacial score (nSPS) is 11.2. The van der Waals surface area contributed by atoms with Crippen molar-refractivity contribution in [3.63, 3.8) is 0 Å². The SMILES string of the molecule is COc1cc(OC)cc(-c2ccc3ccccc3c2-c2c(P(c3ccccc3)c3ccccc3)ccc3ccccc23)c1. The highest BCUT2D eigenvalue weighted by Crippen LogP contribution is 2.46. The van der Waals surface area contributed by atoms with Crippen molar-refractivity contribution in [1.82, 2.24) is 0 Å². The van der Waals surface area contributed by atoms with Crippen molar-refractivity contribution in [1.29, 1.82) is 0 Å². The molecule has 0 radical (unpaired) electrons. The molecule has 0 aliphatic carbocycles. The summed E-state index contributed by atoms with van der Waals surface area (Å²) in [4.78, 5) is 0. The summed E-state index contributed by atoms with van der Waals surface area (Å²) in [6.07, 6.45) is 0. The first-order chi connectivity index (χ1) is 21.2. The molecule has 7 aromatic carbocycles. The fourth-order valence-electron chi connectivity index (χ4n) is 6.03. The van der Waals surface area contributed by atoms with Gasteiger partial charge in [-0.3, -0.25) is 0 Å². The molecule has 7 aromatic rings. The molecule has 0 bridgehead atoms. The highest BCUT2D eigenvalue weighted by atomic mass is 31.1. The number of hydrogen-bond donors (Lipinski definition) is 0. The Morgan fingerprint density at radius 1 is 0.442 bits per heavy atom. The first-order valence-corrected chi connectivity index (χ1v) is 15.8. The smallest absolute Gasteiger partial charge is 0.123 e. The number of hydrogen-bond acceptors (Lipinski definition) is 2. The molecule has 0 heterocycles. The maximum Gasteiger partial charge on any atom is 0.123 e. The molecule has 208 valence electrons. The first kappa shape index (κ1) is 27.0. The van der Waals surface area contributed by atoms with Gasteiger partial charge in [0.1, 0.15) is 11.5 Å². The summed E-state index contributed by atoms with van der Waals surface area (Å²) in [5.41, 5.74) is 4.69. The molecule has 0 aromatic heterocycles. The van der Waals surface area contributed by atoms with Gasteiger partial charge in [-0.05, 0) is 79.8 Å². The van der Waals surface area contributed by atoms with Gasteiger partial charge in [-0.1, -0.05) is 133 Å². The monoisotopic (exact) mass is 574 g/mol. The van der Waals surface area contributed by atoms with E-state index in [-0.39, 0.29) is 0 Å². The zero-order valence-electron chi connectivity index (χ0n) is 24.2. The lowest BCUT2D eigenvalue weighted by atomic mass is 9.87. The number of methoxy groups -OCH3 is 2. The minimum atomic E-state index is -0.868. The summed E-state index contributed by atoms with van der Waals surface area (Å²) in [5.74, 6) is 1.53. The van der Waals surface area contributed by atoms with Crippen LogP contribution in [0.1, 0.15) is 0 Å². The van der Waals surface area contributed by atoms with E-state index < -0.39 is 7.92 Å². The fourth-order valence-corrected chi connectivity index (χ4v) is 8.51. The van der Waals surface area contributed by atoms with Crippen LogP contribution in [0.25, 0.3) is 43.8 Å². The zero-order valence-corrected chi connectivity index (χ0v) is 25.1. The van der Waals surface area contributed by atoms with Gasteiger partial charge >= 0.3 is 0 Å². The number of rotatable bonds is 7. The summed E-state index contributed by atoms with van der Waals surface area (Å²) < 4.78 is 11.4. The molecular weight excluding hydrogens is 543 g/mol. The number of ether oxygens (including phenoxy) is 2. The second-order valence-corrected chi connectivity index (χ2v) is 12.7. The van der Waals surface area contributed by atoms with Gasteiger partial charge in [-0.25, -0.2) is 0 Å². The highest BCUT2D eigenvalue weighted by molar-refractivity contribution is 7.80. The van der Waals surface area contributed by atoms with Crippen LogP contribution < -0.4 is 25.4 Å². The first-order valence-electron chi connectivity index (χ1n) is 14.4. The quantitative estimate of drug-likeness (QED) is 0.177. The molecule has 0 N–H and O–H groups in total. The van der Waals surface area contributed by atoms with Crippen molar-refractivity contribution in [3.8, 4) is 33.8 Å². The largest absolute Gasteiger partial charge is 0.497 e. The van der Waals surface area contributed by atoms with Gasteiger partial charge in [0.05, 0.1) is 14.2 Å². The molecule has 0 aliphatic heterocycles. The molecule has 2 nitrogen and oxygen atoms in total. The van der Waals surface area contributed by atoms with Crippen LogP contribution in [0, 0.1) is 0 Å². The van der Waals surface area contributed by atoms with Crippen LogP contribution in [0.5, 0.6) is 11.5 Å². The standard InChI is InChI=1S/C40H31O2P/c1-41-31-25-30(26-32(27-31)42-2)37-23-21-28-13-9-11-19-35(28)39(37)40-36-20-12-10-14-29(36)22-24-38(40)43(33-15-5-3-6-16-33)34-17-7-4-8-18-34/h3-27H,1-2H3. The molecule has 7 rings (SSSR count). The van der Waals surface area contributed by atoms with Gasteiger partial charge in [0.2, 0.25) is 0 Å². The minimum Gasteiger partial charge on any atom is -0.497 e. The predicted molar refractivity (Wildman–Crippen MR) is 184 cm³/mol. The number of fused-ring (bicyclic) bond motifs is 2. The van der Waals surface area contributed by atoms with Gasteiger partial charge in [-0.15, -0.1) is 0 Å². The third-order valence-electron chi connectivity index (χ3n) is 8.02. The van der Waals surface area contributed by atoms with E-state index in [0.717, 1.165) is 22.6 Å². The molecular formula is C40H31O2P. The molecule has 0 saturated carbocycles. The van der Waals surface area contributed by atoms with Gasteiger partial charge in [0.15, 0.2) is 0 Å². The number of benzene rings is 7. The van der Waals surface area contributed by atoms with E-state index in [1.807, 2.05) is 6.07 Å². The van der Waals surface area contributed by atoms with E-state index >= 15 is 0 Å². The fraction of sp³-hybridized carbons (Fsp3) is 0.0500. The molecule has 43 heavy (non-hydrogen) atoms. The van der Waals surface area contributed by atoms with Crippen molar-refractivity contribution in [2.45, 2.75) is 0 Å². The molecule has 0 spiro atoms. The average molecular weight is 575 g/mol. The Bertz CT molecular complexity index is 1990. The van der Waals surface area contributed by atoms with Crippen LogP contribution in [-0.2, 0) is 0 Å². The Kier molecular flexibility index (Phi) is 7.37. The van der Waals surface area contributed by atoms with Crippen LogP contribution in [-0.4, -0.2) is 14.2 Å². The summed E-state index contributed by atoms with van der Waals surface area (Å²) in [6, 6.07) is 54.7. The maximum atomic E-state index is 5.72. The van der Waals surface area contributed by atoms with Crippen molar-refractivity contribution < 1.29 is 9.47 Å². The van der Waals surface area contributed by atoms with E-state index in [4.69, 9.17) is 9.47 Å². The second kappa shape index (κ2) is 11.8. The molecule has 0 amide bonds. The van der Waals surface area contributed by atoms with E-state index in [2.05, 4.69) is 146 Å².